The van der Waals surface area contributed by atoms with Crippen molar-refractivity contribution >= 4 is 5.91 Å². The van der Waals surface area contributed by atoms with Crippen molar-refractivity contribution in [1.82, 2.24) is 20.4 Å². The molecule has 1 aromatic carbocycles. The molecule has 6 nitrogen and oxygen atoms in total. The van der Waals surface area contributed by atoms with Crippen molar-refractivity contribution in [3.8, 4) is 0 Å². The Bertz CT molecular complexity index is 533. The van der Waals surface area contributed by atoms with Crippen molar-refractivity contribution in [2.45, 2.75) is 18.5 Å². The van der Waals surface area contributed by atoms with Gasteiger partial charge in [-0.3, -0.25) is 9.69 Å². The van der Waals surface area contributed by atoms with E-state index in [1.165, 1.54) is 5.56 Å². The number of likely N-dealkylation sites (N-methyl/N-ethyl adjacent to an activating group) is 1. The monoisotopic (exact) mass is 346 g/mol. The van der Waals surface area contributed by atoms with Crippen LogP contribution in [0.15, 0.2) is 30.3 Å². The highest BCUT2D eigenvalue weighted by atomic mass is 16.5. The number of morpholine rings is 1. The number of nitrogens with one attached hydrogen (secondary N) is 2. The van der Waals surface area contributed by atoms with Gasteiger partial charge in [-0.2, -0.15) is 0 Å². The third kappa shape index (κ3) is 5.25. The van der Waals surface area contributed by atoms with Crippen LogP contribution < -0.4 is 10.6 Å². The van der Waals surface area contributed by atoms with Crippen molar-refractivity contribution in [2.75, 3.05) is 59.5 Å². The summed E-state index contributed by atoms with van der Waals surface area (Å²) >= 11 is 0. The van der Waals surface area contributed by atoms with Gasteiger partial charge in [0.25, 0.3) is 0 Å². The van der Waals surface area contributed by atoms with E-state index >= 15 is 0 Å². The number of ether oxygens (including phenoxy) is 1. The molecule has 25 heavy (non-hydrogen) atoms. The van der Waals surface area contributed by atoms with E-state index in [-0.39, 0.29) is 11.9 Å². The quantitative estimate of drug-likeness (QED) is 0.734. The SMILES string of the molecule is CN1CCN(CCCNC(=O)C2COCCN2)C(c2ccccc2)C1. The maximum absolute atomic E-state index is 12.1. The fourth-order valence-electron chi connectivity index (χ4n) is 3.57. The van der Waals surface area contributed by atoms with Crippen LogP contribution in [0.5, 0.6) is 0 Å². The largest absolute Gasteiger partial charge is 0.378 e. The molecule has 0 radical (unpaired) electrons. The van der Waals surface area contributed by atoms with E-state index < -0.39 is 0 Å². The Morgan fingerprint density at radius 1 is 1.32 bits per heavy atom. The molecule has 2 fully saturated rings. The first-order valence-corrected chi connectivity index (χ1v) is 9.30. The van der Waals surface area contributed by atoms with Crippen LogP contribution in [-0.4, -0.2) is 81.3 Å². The predicted molar refractivity (Wildman–Crippen MR) is 98.5 cm³/mol. The van der Waals surface area contributed by atoms with Crippen LogP contribution in [0.3, 0.4) is 0 Å². The molecule has 2 unspecified atom stereocenters. The first-order chi connectivity index (χ1) is 12.2. The third-order valence-electron chi connectivity index (χ3n) is 5.04. The molecule has 2 N–H and O–H groups in total. The smallest absolute Gasteiger partial charge is 0.239 e. The van der Waals surface area contributed by atoms with Crippen molar-refractivity contribution < 1.29 is 9.53 Å². The zero-order valence-corrected chi connectivity index (χ0v) is 15.1. The Morgan fingerprint density at radius 2 is 2.16 bits per heavy atom. The van der Waals surface area contributed by atoms with Gasteiger partial charge in [0.2, 0.25) is 5.91 Å². The van der Waals surface area contributed by atoms with E-state index in [0.29, 0.717) is 25.8 Å². The number of carbonyl (C=O) groups excluding carboxylic acids is 1. The van der Waals surface area contributed by atoms with Crippen LogP contribution in [0.1, 0.15) is 18.0 Å². The highest BCUT2D eigenvalue weighted by Gasteiger charge is 2.26. The predicted octanol–water partition coefficient (Wildman–Crippen LogP) is 0.470. The van der Waals surface area contributed by atoms with Crippen LogP contribution in [0.2, 0.25) is 0 Å². The Kier molecular flexibility index (Phi) is 6.81. The molecule has 0 aromatic heterocycles. The lowest BCUT2D eigenvalue weighted by Gasteiger charge is -2.40. The number of amides is 1. The summed E-state index contributed by atoms with van der Waals surface area (Å²) in [5, 5.41) is 6.23. The van der Waals surface area contributed by atoms with E-state index in [1.54, 1.807) is 0 Å². The lowest BCUT2D eigenvalue weighted by atomic mass is 10.0. The summed E-state index contributed by atoms with van der Waals surface area (Å²) in [6.07, 6.45) is 0.965. The molecule has 138 valence electrons. The number of piperazine rings is 1. The topological polar surface area (TPSA) is 56.8 Å². The van der Waals surface area contributed by atoms with Crippen LogP contribution in [0.4, 0.5) is 0 Å². The van der Waals surface area contributed by atoms with Crippen LogP contribution in [0.25, 0.3) is 0 Å². The second-order valence-corrected chi connectivity index (χ2v) is 6.95. The Balaban J connectivity index is 1.45. The normalized spacial score (nSPS) is 25.6. The molecule has 0 spiro atoms. The third-order valence-corrected chi connectivity index (χ3v) is 5.04. The van der Waals surface area contributed by atoms with Gasteiger partial charge in [-0.05, 0) is 19.0 Å². The standard InChI is InChI=1S/C19H30N4O2/c1-22-11-12-23(18(14-22)16-6-3-2-4-7-16)10-5-8-21-19(24)17-15-25-13-9-20-17/h2-4,6-7,17-18,20H,5,8-15H2,1H3,(H,21,24). The number of rotatable bonds is 6. The number of nitrogens with zero attached hydrogens (tertiary/aromatic N) is 2. The highest BCUT2D eigenvalue weighted by molar-refractivity contribution is 5.81. The second kappa shape index (κ2) is 9.29. The summed E-state index contributed by atoms with van der Waals surface area (Å²) in [6.45, 7) is 6.85. The lowest BCUT2D eigenvalue weighted by molar-refractivity contribution is -0.125. The Labute approximate surface area is 150 Å². The average Bonchev–Trinajstić information content (AvgIpc) is 2.67. The Hall–Kier alpha value is -1.47. The first-order valence-electron chi connectivity index (χ1n) is 9.30. The molecule has 3 rings (SSSR count). The summed E-state index contributed by atoms with van der Waals surface area (Å²) < 4.78 is 5.34. The minimum atomic E-state index is -0.200. The maximum atomic E-state index is 12.1. The molecule has 2 saturated heterocycles. The van der Waals surface area contributed by atoms with E-state index in [2.05, 4.69) is 57.8 Å². The average molecular weight is 346 g/mol. The van der Waals surface area contributed by atoms with Gasteiger partial charge in [0.1, 0.15) is 6.04 Å². The second-order valence-electron chi connectivity index (χ2n) is 6.95. The van der Waals surface area contributed by atoms with Crippen molar-refractivity contribution in [1.29, 1.82) is 0 Å². The Morgan fingerprint density at radius 3 is 2.92 bits per heavy atom. The molecule has 6 heteroatoms. The van der Waals surface area contributed by atoms with E-state index in [4.69, 9.17) is 4.74 Å². The summed E-state index contributed by atoms with van der Waals surface area (Å²) in [6, 6.07) is 11.0. The van der Waals surface area contributed by atoms with Gasteiger partial charge in [0.05, 0.1) is 13.2 Å². The highest BCUT2D eigenvalue weighted by Crippen LogP contribution is 2.24. The van der Waals surface area contributed by atoms with E-state index in [1.807, 2.05) is 0 Å². The molecule has 2 atom stereocenters. The van der Waals surface area contributed by atoms with Crippen molar-refractivity contribution in [3.63, 3.8) is 0 Å². The van der Waals surface area contributed by atoms with Gasteiger partial charge in [-0.15, -0.1) is 0 Å². The minimum absolute atomic E-state index is 0.0534. The number of hydrogen-bond acceptors (Lipinski definition) is 5. The molecule has 2 aliphatic heterocycles. The number of benzene rings is 1. The zero-order chi connectivity index (χ0) is 17.5. The molecule has 1 amide bonds. The van der Waals surface area contributed by atoms with Gasteiger partial charge in [-0.1, -0.05) is 30.3 Å². The van der Waals surface area contributed by atoms with Crippen LogP contribution >= 0.6 is 0 Å². The summed E-state index contributed by atoms with van der Waals surface area (Å²) in [4.78, 5) is 17.0. The molecular formula is C19H30N4O2. The van der Waals surface area contributed by atoms with Crippen LogP contribution in [-0.2, 0) is 9.53 Å². The number of carbonyl (C=O) groups is 1. The fraction of sp³-hybridized carbons (Fsp3) is 0.632. The summed E-state index contributed by atoms with van der Waals surface area (Å²) in [5.41, 5.74) is 1.38. The maximum Gasteiger partial charge on any atom is 0.239 e. The molecule has 0 aliphatic carbocycles. The minimum Gasteiger partial charge on any atom is -0.378 e. The molecule has 0 saturated carbocycles. The van der Waals surface area contributed by atoms with Gasteiger partial charge >= 0.3 is 0 Å². The fourth-order valence-corrected chi connectivity index (χ4v) is 3.57. The van der Waals surface area contributed by atoms with Gasteiger partial charge in [0, 0.05) is 45.3 Å². The van der Waals surface area contributed by atoms with E-state index in [9.17, 15) is 4.79 Å². The van der Waals surface area contributed by atoms with Gasteiger partial charge in [0.15, 0.2) is 0 Å². The van der Waals surface area contributed by atoms with Gasteiger partial charge < -0.3 is 20.3 Å². The molecule has 1 aromatic rings. The zero-order valence-electron chi connectivity index (χ0n) is 15.1. The molecule has 0 bridgehead atoms. The molecular weight excluding hydrogens is 316 g/mol. The van der Waals surface area contributed by atoms with Crippen LogP contribution in [0, 0.1) is 0 Å². The van der Waals surface area contributed by atoms with E-state index in [0.717, 1.165) is 39.1 Å². The summed E-state index contributed by atoms with van der Waals surface area (Å²) in [7, 11) is 2.19. The van der Waals surface area contributed by atoms with Gasteiger partial charge in [-0.25, -0.2) is 0 Å². The van der Waals surface area contributed by atoms with Crippen molar-refractivity contribution in [3.05, 3.63) is 35.9 Å². The number of hydrogen-bond donors (Lipinski definition) is 2. The molecule has 2 heterocycles. The lowest BCUT2D eigenvalue weighted by Crippen LogP contribution is -2.51. The summed E-state index contributed by atoms with van der Waals surface area (Å²) in [5.74, 6) is 0.0534. The first kappa shape index (κ1) is 18.3. The molecule has 2 aliphatic rings. The van der Waals surface area contributed by atoms with Crippen molar-refractivity contribution in [2.24, 2.45) is 0 Å².